The van der Waals surface area contributed by atoms with Crippen molar-refractivity contribution in [3.05, 3.63) is 29.8 Å². The highest BCUT2D eigenvalue weighted by atomic mass is 32.2. The van der Waals surface area contributed by atoms with Crippen molar-refractivity contribution < 1.29 is 8.42 Å². The molecule has 1 aliphatic rings. The van der Waals surface area contributed by atoms with Crippen LogP contribution >= 0.6 is 0 Å². The number of nitrogens with zero attached hydrogens (tertiary/aromatic N) is 1. The Morgan fingerprint density at radius 3 is 2.90 bits per heavy atom. The van der Waals surface area contributed by atoms with E-state index in [-0.39, 0.29) is 10.9 Å². The number of sulfonamides is 1. The van der Waals surface area contributed by atoms with Crippen LogP contribution in [0.3, 0.4) is 0 Å². The lowest BCUT2D eigenvalue weighted by molar-refractivity contribution is 0.255. The fraction of sp³-hybridized carbons (Fsp3) is 0.600. The quantitative estimate of drug-likeness (QED) is 0.834. The maximum absolute atomic E-state index is 11.4. The van der Waals surface area contributed by atoms with Crippen molar-refractivity contribution in [1.82, 2.24) is 10.2 Å². The molecule has 21 heavy (non-hydrogen) atoms. The predicted octanol–water partition coefficient (Wildman–Crippen LogP) is 1.47. The van der Waals surface area contributed by atoms with Crippen molar-refractivity contribution in [3.8, 4) is 0 Å². The Kier molecular flexibility index (Phi) is 5.37. The number of primary sulfonamides is 1. The summed E-state index contributed by atoms with van der Waals surface area (Å²) in [6.07, 6.45) is 2.49. The average Bonchev–Trinajstić information content (AvgIpc) is 2.91. The van der Waals surface area contributed by atoms with Crippen LogP contribution in [-0.2, 0) is 10.0 Å². The molecule has 1 saturated heterocycles. The van der Waals surface area contributed by atoms with Gasteiger partial charge in [-0.3, -0.25) is 4.90 Å². The summed E-state index contributed by atoms with van der Waals surface area (Å²) in [4.78, 5) is 2.66. The highest BCUT2D eigenvalue weighted by Crippen LogP contribution is 2.19. The molecule has 2 unspecified atom stereocenters. The van der Waals surface area contributed by atoms with Gasteiger partial charge in [0.25, 0.3) is 0 Å². The fourth-order valence-electron chi connectivity index (χ4n) is 2.93. The van der Waals surface area contributed by atoms with E-state index in [1.165, 1.54) is 25.5 Å². The Morgan fingerprint density at radius 1 is 1.48 bits per heavy atom. The van der Waals surface area contributed by atoms with Gasteiger partial charge in [-0.1, -0.05) is 19.1 Å². The largest absolute Gasteiger partial charge is 0.309 e. The SMILES string of the molecule is CCN1CCCC1CNC(C)c1cccc(S(N)(=O)=O)c1. The van der Waals surface area contributed by atoms with Gasteiger partial charge in [0.15, 0.2) is 0 Å². The van der Waals surface area contributed by atoms with Crippen LogP contribution in [0.5, 0.6) is 0 Å². The molecule has 2 atom stereocenters. The molecule has 0 bridgehead atoms. The number of benzene rings is 1. The van der Waals surface area contributed by atoms with E-state index in [2.05, 4.69) is 17.1 Å². The van der Waals surface area contributed by atoms with Crippen LogP contribution in [-0.4, -0.2) is 39.0 Å². The summed E-state index contributed by atoms with van der Waals surface area (Å²) in [6, 6.07) is 7.53. The number of hydrogen-bond acceptors (Lipinski definition) is 4. The zero-order valence-electron chi connectivity index (χ0n) is 12.7. The second-order valence-corrected chi connectivity index (χ2v) is 7.23. The number of hydrogen-bond donors (Lipinski definition) is 2. The third kappa shape index (κ3) is 4.26. The van der Waals surface area contributed by atoms with E-state index in [9.17, 15) is 8.42 Å². The van der Waals surface area contributed by atoms with Crippen LogP contribution in [0.15, 0.2) is 29.2 Å². The first kappa shape index (κ1) is 16.4. The first-order chi connectivity index (χ1) is 9.91. The van der Waals surface area contributed by atoms with Crippen molar-refractivity contribution >= 4 is 10.0 Å². The van der Waals surface area contributed by atoms with Crippen molar-refractivity contribution in [2.75, 3.05) is 19.6 Å². The molecule has 0 spiro atoms. The van der Waals surface area contributed by atoms with Gasteiger partial charge in [0.2, 0.25) is 10.0 Å². The van der Waals surface area contributed by atoms with Gasteiger partial charge in [-0.25, -0.2) is 13.6 Å². The molecule has 1 aromatic rings. The molecule has 0 amide bonds. The average molecular weight is 311 g/mol. The standard InChI is InChI=1S/C15H25N3O2S/c1-3-18-9-5-7-14(18)11-17-12(2)13-6-4-8-15(10-13)21(16,19)20/h4,6,8,10,12,14,17H,3,5,7,9,11H2,1-2H3,(H2,16,19,20). The molecule has 5 nitrogen and oxygen atoms in total. The normalized spacial score (nSPS) is 21.6. The minimum atomic E-state index is -3.64. The van der Waals surface area contributed by atoms with Gasteiger partial charge in [-0.2, -0.15) is 0 Å². The molecule has 3 N–H and O–H groups in total. The lowest BCUT2D eigenvalue weighted by Crippen LogP contribution is -2.38. The number of likely N-dealkylation sites (N-methyl/N-ethyl adjacent to an activating group) is 1. The number of rotatable bonds is 6. The third-order valence-corrected chi connectivity index (χ3v) is 5.16. The number of likely N-dealkylation sites (tertiary alicyclic amines) is 1. The molecular weight excluding hydrogens is 286 g/mol. The third-order valence-electron chi connectivity index (χ3n) is 4.25. The Labute approximate surface area is 127 Å². The van der Waals surface area contributed by atoms with Crippen molar-refractivity contribution in [2.24, 2.45) is 5.14 Å². The van der Waals surface area contributed by atoms with Crippen molar-refractivity contribution in [3.63, 3.8) is 0 Å². The molecule has 2 rings (SSSR count). The Hall–Kier alpha value is -0.950. The van der Waals surface area contributed by atoms with Crippen LogP contribution in [0.25, 0.3) is 0 Å². The summed E-state index contributed by atoms with van der Waals surface area (Å²) in [6.45, 7) is 7.43. The summed E-state index contributed by atoms with van der Waals surface area (Å²) >= 11 is 0. The van der Waals surface area contributed by atoms with Gasteiger partial charge < -0.3 is 5.32 Å². The summed E-state index contributed by atoms with van der Waals surface area (Å²) in [7, 11) is -3.64. The summed E-state index contributed by atoms with van der Waals surface area (Å²) in [5.41, 5.74) is 0.947. The van der Waals surface area contributed by atoms with Crippen molar-refractivity contribution in [1.29, 1.82) is 0 Å². The first-order valence-electron chi connectivity index (χ1n) is 7.52. The Morgan fingerprint density at radius 2 is 2.24 bits per heavy atom. The smallest absolute Gasteiger partial charge is 0.238 e. The second kappa shape index (κ2) is 6.87. The van der Waals surface area contributed by atoms with E-state index in [1.807, 2.05) is 13.0 Å². The lowest BCUT2D eigenvalue weighted by Gasteiger charge is -2.25. The zero-order chi connectivity index (χ0) is 15.5. The van der Waals surface area contributed by atoms with Crippen LogP contribution in [0.2, 0.25) is 0 Å². The van der Waals surface area contributed by atoms with E-state index in [0.717, 1.165) is 18.7 Å². The second-order valence-electron chi connectivity index (χ2n) is 5.67. The Bertz CT molecular complexity index is 574. The van der Waals surface area contributed by atoms with E-state index >= 15 is 0 Å². The van der Waals surface area contributed by atoms with Gasteiger partial charge in [-0.15, -0.1) is 0 Å². The van der Waals surface area contributed by atoms with Gasteiger partial charge in [0.1, 0.15) is 0 Å². The minimum Gasteiger partial charge on any atom is -0.309 e. The van der Waals surface area contributed by atoms with Gasteiger partial charge in [0.05, 0.1) is 4.90 Å². The van der Waals surface area contributed by atoms with Crippen LogP contribution in [0.1, 0.15) is 38.3 Å². The predicted molar refractivity (Wildman–Crippen MR) is 84.5 cm³/mol. The lowest BCUT2D eigenvalue weighted by atomic mass is 10.1. The van der Waals surface area contributed by atoms with Crippen molar-refractivity contribution in [2.45, 2.75) is 43.7 Å². The molecule has 1 fully saturated rings. The molecule has 118 valence electrons. The summed E-state index contributed by atoms with van der Waals surface area (Å²) in [5.74, 6) is 0. The van der Waals surface area contributed by atoms with E-state index in [0.29, 0.717) is 6.04 Å². The molecular formula is C15H25N3O2S. The van der Waals surface area contributed by atoms with Gasteiger partial charge in [-0.05, 0) is 50.6 Å². The van der Waals surface area contributed by atoms with Gasteiger partial charge >= 0.3 is 0 Å². The van der Waals surface area contributed by atoms with E-state index in [1.54, 1.807) is 12.1 Å². The molecule has 6 heteroatoms. The molecule has 0 aromatic heterocycles. The molecule has 1 aromatic carbocycles. The summed E-state index contributed by atoms with van der Waals surface area (Å²) < 4.78 is 22.8. The highest BCUT2D eigenvalue weighted by Gasteiger charge is 2.23. The molecule has 0 radical (unpaired) electrons. The molecule has 1 aliphatic heterocycles. The first-order valence-corrected chi connectivity index (χ1v) is 9.06. The van der Waals surface area contributed by atoms with Gasteiger partial charge in [0, 0.05) is 18.6 Å². The van der Waals surface area contributed by atoms with E-state index in [4.69, 9.17) is 5.14 Å². The monoisotopic (exact) mass is 311 g/mol. The molecule has 0 saturated carbocycles. The van der Waals surface area contributed by atoms with E-state index < -0.39 is 10.0 Å². The zero-order valence-corrected chi connectivity index (χ0v) is 13.6. The minimum absolute atomic E-state index is 0.103. The fourth-order valence-corrected chi connectivity index (χ4v) is 3.50. The maximum atomic E-state index is 11.4. The summed E-state index contributed by atoms with van der Waals surface area (Å²) in [5, 5.41) is 8.69. The highest BCUT2D eigenvalue weighted by molar-refractivity contribution is 7.89. The van der Waals surface area contributed by atoms with Crippen LogP contribution < -0.4 is 10.5 Å². The maximum Gasteiger partial charge on any atom is 0.238 e. The van der Waals surface area contributed by atoms with Crippen LogP contribution in [0.4, 0.5) is 0 Å². The molecule has 1 heterocycles. The molecule has 0 aliphatic carbocycles. The van der Waals surface area contributed by atoms with Crippen LogP contribution in [0, 0.1) is 0 Å². The Balaban J connectivity index is 1.99. The topological polar surface area (TPSA) is 75.4 Å². The number of nitrogens with two attached hydrogens (primary N) is 1. The number of nitrogens with one attached hydrogen (secondary N) is 1.